The van der Waals surface area contributed by atoms with Crippen molar-refractivity contribution < 1.29 is 13.2 Å². The average Bonchev–Trinajstić information content (AvgIpc) is 2.83. The molecule has 1 aliphatic carbocycles. The van der Waals surface area contributed by atoms with Gasteiger partial charge in [0.2, 0.25) is 0 Å². The minimum atomic E-state index is -4.00. The van der Waals surface area contributed by atoms with Crippen LogP contribution < -0.4 is 5.32 Å². The Hall–Kier alpha value is -1.08. The van der Waals surface area contributed by atoms with Gasteiger partial charge in [0.15, 0.2) is 5.69 Å². The molecule has 1 fully saturated rings. The number of hydrogen-bond acceptors (Lipinski definition) is 4. The molecule has 0 bridgehead atoms. The normalized spacial score (nSPS) is 17.1. The molecule has 6 nitrogen and oxygen atoms in total. The van der Waals surface area contributed by atoms with Gasteiger partial charge in [0.1, 0.15) is 4.90 Å². The maximum Gasteiger partial charge on any atom is 0.273 e. The van der Waals surface area contributed by atoms with Crippen LogP contribution in [0.2, 0.25) is 0 Å². The Labute approximate surface area is 122 Å². The molecule has 8 heteroatoms. The number of H-pyrrole nitrogens is 1. The Morgan fingerprint density at radius 2 is 2.05 bits per heavy atom. The highest BCUT2D eigenvalue weighted by Crippen LogP contribution is 2.24. The van der Waals surface area contributed by atoms with Crippen LogP contribution in [0.5, 0.6) is 0 Å². The van der Waals surface area contributed by atoms with Crippen LogP contribution >= 0.6 is 10.7 Å². The minimum absolute atomic E-state index is 0.0870. The molecule has 2 N–H and O–H groups in total. The van der Waals surface area contributed by atoms with E-state index in [0.29, 0.717) is 12.1 Å². The number of halogens is 1. The van der Waals surface area contributed by atoms with E-state index >= 15 is 0 Å². The summed E-state index contributed by atoms with van der Waals surface area (Å²) in [5, 5.41) is 9.23. The molecule has 0 unspecified atom stereocenters. The number of nitrogens with one attached hydrogen (secondary N) is 2. The molecular formula is C12H18ClN3O3S. The molecular weight excluding hydrogens is 302 g/mol. The molecule has 1 saturated carbocycles. The van der Waals surface area contributed by atoms with Gasteiger partial charge in [0.05, 0.1) is 5.69 Å². The quantitative estimate of drug-likeness (QED) is 0.830. The second-order valence-electron chi connectivity index (χ2n) is 4.98. The molecule has 1 aromatic rings. The van der Waals surface area contributed by atoms with Crippen molar-refractivity contribution in [2.45, 2.75) is 56.4 Å². The van der Waals surface area contributed by atoms with Crippen LogP contribution in [0.15, 0.2) is 4.90 Å². The van der Waals surface area contributed by atoms with Gasteiger partial charge in [0, 0.05) is 16.7 Å². The Morgan fingerprint density at radius 3 is 2.60 bits per heavy atom. The molecule has 0 aromatic carbocycles. The third-order valence-corrected chi connectivity index (χ3v) is 4.93. The Morgan fingerprint density at radius 1 is 1.40 bits per heavy atom. The highest BCUT2D eigenvalue weighted by Gasteiger charge is 2.29. The second-order valence-corrected chi connectivity index (χ2v) is 7.48. The maximum absolute atomic E-state index is 12.2. The number of amides is 1. The Balaban J connectivity index is 2.23. The number of carbonyl (C=O) groups is 1. The predicted octanol–water partition coefficient (Wildman–Crippen LogP) is 1.96. The molecule has 20 heavy (non-hydrogen) atoms. The smallest absolute Gasteiger partial charge is 0.273 e. The summed E-state index contributed by atoms with van der Waals surface area (Å²) in [6.07, 6.45) is 5.57. The first-order valence-corrected chi connectivity index (χ1v) is 9.07. The minimum Gasteiger partial charge on any atom is -0.348 e. The summed E-state index contributed by atoms with van der Waals surface area (Å²) < 4.78 is 23.2. The number of aromatic nitrogens is 2. The highest BCUT2D eigenvalue weighted by atomic mass is 35.7. The van der Waals surface area contributed by atoms with Crippen molar-refractivity contribution in [1.82, 2.24) is 15.5 Å². The largest absolute Gasteiger partial charge is 0.348 e. The van der Waals surface area contributed by atoms with E-state index in [1.165, 1.54) is 6.42 Å². The first-order valence-electron chi connectivity index (χ1n) is 6.76. The van der Waals surface area contributed by atoms with Crippen LogP contribution in [-0.4, -0.2) is 30.6 Å². The van der Waals surface area contributed by atoms with Gasteiger partial charge in [-0.25, -0.2) is 8.42 Å². The number of aromatic amines is 1. The predicted molar refractivity (Wildman–Crippen MR) is 75.3 cm³/mol. The first kappa shape index (κ1) is 15.3. The van der Waals surface area contributed by atoms with Gasteiger partial charge in [-0.3, -0.25) is 9.89 Å². The summed E-state index contributed by atoms with van der Waals surface area (Å²) in [5.41, 5.74) is 0.219. The van der Waals surface area contributed by atoms with Gasteiger partial charge < -0.3 is 5.32 Å². The molecule has 0 spiro atoms. The van der Waals surface area contributed by atoms with Crippen molar-refractivity contribution in [3.05, 3.63) is 11.4 Å². The zero-order chi connectivity index (χ0) is 14.8. The van der Waals surface area contributed by atoms with E-state index in [9.17, 15) is 13.2 Å². The number of hydrogen-bond donors (Lipinski definition) is 2. The lowest BCUT2D eigenvalue weighted by Gasteiger charge is -2.22. The van der Waals surface area contributed by atoms with Crippen molar-refractivity contribution in [3.8, 4) is 0 Å². The van der Waals surface area contributed by atoms with Crippen molar-refractivity contribution >= 4 is 25.6 Å². The topological polar surface area (TPSA) is 91.9 Å². The molecule has 1 amide bonds. The lowest BCUT2D eigenvalue weighted by Crippen LogP contribution is -2.36. The van der Waals surface area contributed by atoms with Gasteiger partial charge in [-0.05, 0) is 19.3 Å². The van der Waals surface area contributed by atoms with Gasteiger partial charge in [0.25, 0.3) is 15.0 Å². The summed E-state index contributed by atoms with van der Waals surface area (Å²) >= 11 is 0. The van der Waals surface area contributed by atoms with Crippen LogP contribution in [0.3, 0.4) is 0 Å². The lowest BCUT2D eigenvalue weighted by atomic mass is 9.95. The first-order chi connectivity index (χ1) is 9.43. The molecule has 2 rings (SSSR count). The van der Waals surface area contributed by atoms with E-state index in [4.69, 9.17) is 10.7 Å². The highest BCUT2D eigenvalue weighted by molar-refractivity contribution is 8.13. The van der Waals surface area contributed by atoms with Gasteiger partial charge in [-0.15, -0.1) is 0 Å². The molecule has 1 aliphatic rings. The van der Waals surface area contributed by atoms with E-state index < -0.39 is 15.0 Å². The molecule has 1 heterocycles. The third-order valence-electron chi connectivity index (χ3n) is 3.54. The van der Waals surface area contributed by atoms with Crippen molar-refractivity contribution in [1.29, 1.82) is 0 Å². The zero-order valence-electron chi connectivity index (χ0n) is 11.3. The van der Waals surface area contributed by atoms with Crippen LogP contribution in [0.4, 0.5) is 0 Å². The summed E-state index contributed by atoms with van der Waals surface area (Å²) in [7, 11) is 1.41. The third kappa shape index (κ3) is 3.32. The van der Waals surface area contributed by atoms with Crippen molar-refractivity contribution in [3.63, 3.8) is 0 Å². The van der Waals surface area contributed by atoms with Gasteiger partial charge >= 0.3 is 0 Å². The monoisotopic (exact) mass is 319 g/mol. The molecule has 1 aromatic heterocycles. The van der Waals surface area contributed by atoms with E-state index in [1.807, 2.05) is 0 Å². The number of rotatable bonds is 4. The van der Waals surface area contributed by atoms with E-state index in [0.717, 1.165) is 25.7 Å². The molecule has 0 aliphatic heterocycles. The van der Waals surface area contributed by atoms with Crippen LogP contribution in [0.1, 0.15) is 55.2 Å². The standard InChI is InChI=1S/C12H18ClN3O3S/c1-2-9-11(20(13,18)19)10(16-15-9)12(17)14-8-6-4-3-5-7-8/h8H,2-7H2,1H3,(H,14,17)(H,15,16). The molecule has 112 valence electrons. The second kappa shape index (κ2) is 6.13. The van der Waals surface area contributed by atoms with Crippen LogP contribution in [0.25, 0.3) is 0 Å². The van der Waals surface area contributed by atoms with Crippen LogP contribution in [0, 0.1) is 0 Å². The summed E-state index contributed by atoms with van der Waals surface area (Å²) in [6, 6.07) is 0.0870. The van der Waals surface area contributed by atoms with Crippen LogP contribution in [-0.2, 0) is 15.5 Å². The number of nitrogens with zero attached hydrogens (tertiary/aromatic N) is 1. The molecule has 0 saturated heterocycles. The average molecular weight is 320 g/mol. The zero-order valence-corrected chi connectivity index (χ0v) is 12.9. The maximum atomic E-state index is 12.2. The van der Waals surface area contributed by atoms with Gasteiger partial charge in [-0.2, -0.15) is 5.10 Å². The Bertz CT molecular complexity index is 591. The lowest BCUT2D eigenvalue weighted by molar-refractivity contribution is 0.0919. The SMILES string of the molecule is CCc1[nH]nc(C(=O)NC2CCCCC2)c1S(=O)(=O)Cl. The number of aryl methyl sites for hydroxylation is 1. The van der Waals surface area contributed by atoms with Crippen molar-refractivity contribution in [2.24, 2.45) is 0 Å². The fraction of sp³-hybridized carbons (Fsp3) is 0.667. The molecule has 0 radical (unpaired) electrons. The van der Waals surface area contributed by atoms with E-state index in [-0.39, 0.29) is 16.6 Å². The fourth-order valence-corrected chi connectivity index (χ4v) is 3.88. The fourth-order valence-electron chi connectivity index (χ4n) is 2.52. The Kier molecular flexibility index (Phi) is 4.70. The summed E-state index contributed by atoms with van der Waals surface area (Å²) in [6.45, 7) is 1.77. The summed E-state index contributed by atoms with van der Waals surface area (Å²) in [4.78, 5) is 12.0. The molecule has 0 atom stereocenters. The van der Waals surface area contributed by atoms with Crippen molar-refractivity contribution in [2.75, 3.05) is 0 Å². The van der Waals surface area contributed by atoms with E-state index in [2.05, 4.69) is 15.5 Å². The number of carbonyl (C=O) groups excluding carboxylic acids is 1. The summed E-state index contributed by atoms with van der Waals surface area (Å²) in [5.74, 6) is -0.480. The van der Waals surface area contributed by atoms with Gasteiger partial charge in [-0.1, -0.05) is 26.2 Å². The van der Waals surface area contributed by atoms with E-state index in [1.54, 1.807) is 6.92 Å².